The van der Waals surface area contributed by atoms with E-state index in [1.165, 1.54) is 25.7 Å². The monoisotopic (exact) mass is 275 g/mol. The number of aromatic nitrogens is 2. The fourth-order valence-electron chi connectivity index (χ4n) is 4.47. The Bertz CT molecular complexity index is 477. The largest absolute Gasteiger partial charge is 0.377 e. The first-order valence-electron chi connectivity index (χ1n) is 7.76. The Kier molecular flexibility index (Phi) is 3.02. The van der Waals surface area contributed by atoms with Crippen LogP contribution >= 0.6 is 0 Å². The standard InChI is InChI=1S/C15H21N3O2/c19-15(11-5-7-16-18-11)17-13-10-6-8-20-14(10)12(13)9-3-1-2-4-9/h5,7,9-10,12-14H,1-4,6,8H2,(H,16,18)(H,17,19)/t10-,12+,13-,14-/m0/s1. The molecular weight excluding hydrogens is 254 g/mol. The molecule has 0 spiro atoms. The molecule has 1 aliphatic heterocycles. The lowest BCUT2D eigenvalue weighted by Gasteiger charge is -2.50. The van der Waals surface area contributed by atoms with Gasteiger partial charge in [-0.2, -0.15) is 5.10 Å². The predicted octanol–water partition coefficient (Wildman–Crippen LogP) is 1.73. The average molecular weight is 275 g/mol. The molecule has 4 atom stereocenters. The predicted molar refractivity (Wildman–Crippen MR) is 73.1 cm³/mol. The number of carbonyl (C=O) groups excluding carboxylic acids is 1. The topological polar surface area (TPSA) is 67.0 Å². The van der Waals surface area contributed by atoms with Gasteiger partial charge in [0.15, 0.2) is 0 Å². The van der Waals surface area contributed by atoms with Gasteiger partial charge in [0.2, 0.25) is 0 Å². The van der Waals surface area contributed by atoms with E-state index < -0.39 is 0 Å². The van der Waals surface area contributed by atoms with Gasteiger partial charge in [0.25, 0.3) is 5.91 Å². The van der Waals surface area contributed by atoms with Gasteiger partial charge in [0, 0.05) is 30.7 Å². The molecule has 1 aromatic rings. The van der Waals surface area contributed by atoms with Crippen LogP contribution in [-0.4, -0.2) is 34.9 Å². The van der Waals surface area contributed by atoms with E-state index in [2.05, 4.69) is 15.5 Å². The van der Waals surface area contributed by atoms with Gasteiger partial charge in [-0.15, -0.1) is 0 Å². The Morgan fingerprint density at radius 3 is 2.95 bits per heavy atom. The van der Waals surface area contributed by atoms with Crippen LogP contribution in [0.5, 0.6) is 0 Å². The first-order valence-corrected chi connectivity index (χ1v) is 7.76. The number of ether oxygens (including phenoxy) is 1. The number of nitrogens with one attached hydrogen (secondary N) is 2. The summed E-state index contributed by atoms with van der Waals surface area (Å²) >= 11 is 0. The maximum absolute atomic E-state index is 12.2. The molecular formula is C15H21N3O2. The summed E-state index contributed by atoms with van der Waals surface area (Å²) < 4.78 is 5.91. The van der Waals surface area contributed by atoms with Crippen LogP contribution in [-0.2, 0) is 4.74 Å². The molecule has 0 radical (unpaired) electrons. The van der Waals surface area contributed by atoms with Crippen LogP contribution in [0, 0.1) is 17.8 Å². The molecule has 3 aliphatic rings. The summed E-state index contributed by atoms with van der Waals surface area (Å²) in [5, 5.41) is 9.82. The maximum atomic E-state index is 12.2. The van der Waals surface area contributed by atoms with Crippen molar-refractivity contribution in [3.63, 3.8) is 0 Å². The number of fused-ring (bicyclic) bond motifs is 1. The zero-order valence-corrected chi connectivity index (χ0v) is 11.5. The molecule has 5 nitrogen and oxygen atoms in total. The molecule has 5 heteroatoms. The molecule has 2 saturated carbocycles. The number of aromatic amines is 1. The van der Waals surface area contributed by atoms with Crippen molar-refractivity contribution in [2.24, 2.45) is 17.8 Å². The number of rotatable bonds is 3. The van der Waals surface area contributed by atoms with E-state index in [4.69, 9.17) is 4.74 Å². The third-order valence-corrected chi connectivity index (χ3v) is 5.43. The molecule has 108 valence electrons. The van der Waals surface area contributed by atoms with Gasteiger partial charge in [-0.3, -0.25) is 9.89 Å². The second kappa shape index (κ2) is 4.88. The number of H-pyrrole nitrogens is 1. The molecule has 0 unspecified atom stereocenters. The second-order valence-corrected chi connectivity index (χ2v) is 6.38. The van der Waals surface area contributed by atoms with E-state index in [-0.39, 0.29) is 5.91 Å². The molecule has 20 heavy (non-hydrogen) atoms. The summed E-state index contributed by atoms with van der Waals surface area (Å²) in [7, 11) is 0. The van der Waals surface area contributed by atoms with Gasteiger partial charge < -0.3 is 10.1 Å². The Balaban J connectivity index is 1.48. The minimum Gasteiger partial charge on any atom is -0.377 e. The van der Waals surface area contributed by atoms with E-state index >= 15 is 0 Å². The Hall–Kier alpha value is -1.36. The molecule has 2 N–H and O–H groups in total. The lowest BCUT2D eigenvalue weighted by Crippen LogP contribution is -2.63. The Morgan fingerprint density at radius 2 is 2.20 bits per heavy atom. The van der Waals surface area contributed by atoms with Gasteiger partial charge >= 0.3 is 0 Å². The molecule has 0 aromatic carbocycles. The van der Waals surface area contributed by atoms with E-state index in [0.717, 1.165) is 18.9 Å². The summed E-state index contributed by atoms with van der Waals surface area (Å²) in [6.07, 6.45) is 8.36. The van der Waals surface area contributed by atoms with Crippen LogP contribution in [0.25, 0.3) is 0 Å². The van der Waals surface area contributed by atoms with Crippen molar-refractivity contribution in [1.82, 2.24) is 15.5 Å². The van der Waals surface area contributed by atoms with Gasteiger partial charge in [0.05, 0.1) is 6.10 Å². The zero-order chi connectivity index (χ0) is 13.5. The Labute approximate surface area is 118 Å². The fraction of sp³-hybridized carbons (Fsp3) is 0.733. The van der Waals surface area contributed by atoms with Crippen LogP contribution in [0.3, 0.4) is 0 Å². The molecule has 2 heterocycles. The minimum absolute atomic E-state index is 0.0270. The van der Waals surface area contributed by atoms with Crippen LogP contribution in [0.1, 0.15) is 42.6 Å². The summed E-state index contributed by atoms with van der Waals surface area (Å²) in [4.78, 5) is 12.2. The second-order valence-electron chi connectivity index (χ2n) is 6.38. The number of carbonyl (C=O) groups is 1. The van der Waals surface area contributed by atoms with Crippen LogP contribution in [0.2, 0.25) is 0 Å². The molecule has 4 rings (SSSR count). The van der Waals surface area contributed by atoms with Crippen LogP contribution in [0.15, 0.2) is 12.3 Å². The average Bonchev–Trinajstić information content (AvgIpc) is 3.18. The lowest BCUT2D eigenvalue weighted by molar-refractivity contribution is -0.0784. The summed E-state index contributed by atoms with van der Waals surface area (Å²) in [6, 6.07) is 2.02. The molecule has 1 saturated heterocycles. The van der Waals surface area contributed by atoms with Crippen molar-refractivity contribution in [2.75, 3.05) is 6.61 Å². The summed E-state index contributed by atoms with van der Waals surface area (Å²) in [5.41, 5.74) is 0.553. The summed E-state index contributed by atoms with van der Waals surface area (Å²) in [6.45, 7) is 0.856. The zero-order valence-electron chi connectivity index (χ0n) is 11.5. The number of nitrogens with zero attached hydrogens (tertiary/aromatic N) is 1. The van der Waals surface area contributed by atoms with Crippen molar-refractivity contribution in [2.45, 2.75) is 44.2 Å². The maximum Gasteiger partial charge on any atom is 0.269 e. The van der Waals surface area contributed by atoms with Crippen molar-refractivity contribution in [3.8, 4) is 0 Å². The smallest absolute Gasteiger partial charge is 0.269 e. The third kappa shape index (κ3) is 1.87. The normalized spacial score (nSPS) is 36.6. The van der Waals surface area contributed by atoms with Crippen molar-refractivity contribution >= 4 is 5.91 Å². The quantitative estimate of drug-likeness (QED) is 0.883. The highest BCUT2D eigenvalue weighted by molar-refractivity contribution is 5.92. The van der Waals surface area contributed by atoms with Crippen molar-refractivity contribution in [3.05, 3.63) is 18.0 Å². The molecule has 3 fully saturated rings. The number of amides is 1. The van der Waals surface area contributed by atoms with Gasteiger partial charge in [0.1, 0.15) is 5.69 Å². The van der Waals surface area contributed by atoms with E-state index in [1.54, 1.807) is 12.3 Å². The van der Waals surface area contributed by atoms with Crippen LogP contribution in [0.4, 0.5) is 0 Å². The van der Waals surface area contributed by atoms with Gasteiger partial charge in [-0.05, 0) is 18.4 Å². The fourth-order valence-corrected chi connectivity index (χ4v) is 4.47. The van der Waals surface area contributed by atoms with Crippen LogP contribution < -0.4 is 5.32 Å². The number of hydrogen-bond acceptors (Lipinski definition) is 3. The van der Waals surface area contributed by atoms with E-state index in [9.17, 15) is 4.79 Å². The van der Waals surface area contributed by atoms with Crippen molar-refractivity contribution in [1.29, 1.82) is 0 Å². The molecule has 0 bridgehead atoms. The minimum atomic E-state index is -0.0270. The highest BCUT2D eigenvalue weighted by Crippen LogP contribution is 2.51. The molecule has 2 aliphatic carbocycles. The highest BCUT2D eigenvalue weighted by Gasteiger charge is 2.57. The molecule has 1 aromatic heterocycles. The first-order chi connectivity index (χ1) is 9.84. The first kappa shape index (κ1) is 12.4. The molecule has 1 amide bonds. The highest BCUT2D eigenvalue weighted by atomic mass is 16.5. The Morgan fingerprint density at radius 1 is 1.35 bits per heavy atom. The van der Waals surface area contributed by atoms with Crippen molar-refractivity contribution < 1.29 is 9.53 Å². The van der Waals surface area contributed by atoms with Gasteiger partial charge in [-0.25, -0.2) is 0 Å². The van der Waals surface area contributed by atoms with E-state index in [1.807, 2.05) is 0 Å². The van der Waals surface area contributed by atoms with Gasteiger partial charge in [-0.1, -0.05) is 25.7 Å². The van der Waals surface area contributed by atoms with E-state index in [0.29, 0.717) is 29.7 Å². The number of hydrogen-bond donors (Lipinski definition) is 2. The SMILES string of the molecule is O=C(N[C@H]1[C@@H]2CCO[C@@H]2[C@@H]1C1CCCC1)c1ccn[nH]1. The third-order valence-electron chi connectivity index (χ3n) is 5.43. The summed E-state index contributed by atoms with van der Waals surface area (Å²) in [5.74, 6) is 1.76. The lowest BCUT2D eigenvalue weighted by atomic mass is 9.61.